The van der Waals surface area contributed by atoms with Crippen molar-refractivity contribution in [2.45, 2.75) is 26.9 Å². The van der Waals surface area contributed by atoms with Crippen LogP contribution in [0.1, 0.15) is 18.2 Å². The number of halogens is 2. The molecule has 0 amide bonds. The molecule has 1 heterocycles. The van der Waals surface area contributed by atoms with Gasteiger partial charge in [-0.1, -0.05) is 6.07 Å². The Morgan fingerprint density at radius 3 is 2.78 bits per heavy atom. The summed E-state index contributed by atoms with van der Waals surface area (Å²) in [5.41, 5.74) is 1.32. The smallest absolute Gasteiger partial charge is 0.203 e. The zero-order chi connectivity index (χ0) is 13.1. The summed E-state index contributed by atoms with van der Waals surface area (Å²) in [6.07, 6.45) is 1.92. The van der Waals surface area contributed by atoms with Gasteiger partial charge >= 0.3 is 0 Å². The number of hydrogen-bond donors (Lipinski definition) is 1. The number of anilines is 1. The maximum Gasteiger partial charge on any atom is 0.203 e. The molecule has 5 heteroatoms. The normalized spacial score (nSPS) is 10.7. The Hall–Kier alpha value is -1.91. The van der Waals surface area contributed by atoms with Gasteiger partial charge < -0.3 is 9.88 Å². The Labute approximate surface area is 104 Å². The van der Waals surface area contributed by atoms with E-state index < -0.39 is 11.6 Å². The van der Waals surface area contributed by atoms with E-state index in [9.17, 15) is 8.78 Å². The minimum absolute atomic E-state index is 0.280. The van der Waals surface area contributed by atoms with Gasteiger partial charge in [-0.15, -0.1) is 0 Å². The fraction of sp³-hybridized carbons (Fsp3) is 0.308. The molecule has 3 nitrogen and oxygen atoms in total. The van der Waals surface area contributed by atoms with Crippen LogP contribution in [0.4, 0.5) is 14.7 Å². The zero-order valence-corrected chi connectivity index (χ0v) is 10.4. The summed E-state index contributed by atoms with van der Waals surface area (Å²) in [5.74, 6) is -0.422. The van der Waals surface area contributed by atoms with Gasteiger partial charge in [0.25, 0.3) is 0 Å². The van der Waals surface area contributed by atoms with Crippen LogP contribution in [0.2, 0.25) is 0 Å². The number of rotatable bonds is 4. The lowest BCUT2D eigenvalue weighted by molar-refractivity contribution is 0.573. The molecule has 1 aromatic carbocycles. The van der Waals surface area contributed by atoms with E-state index >= 15 is 0 Å². The lowest BCUT2D eigenvalue weighted by atomic mass is 10.2. The standard InChI is InChI=1S/C13H15F2N3/c1-3-18-8-9(2)17-13(18)16-7-10-4-5-11(14)6-12(10)15/h4-6,8H,3,7H2,1-2H3,(H,16,17). The molecule has 0 unspecified atom stereocenters. The van der Waals surface area contributed by atoms with Crippen molar-refractivity contribution in [3.8, 4) is 0 Å². The summed E-state index contributed by atoms with van der Waals surface area (Å²) in [6, 6.07) is 3.57. The van der Waals surface area contributed by atoms with E-state index in [-0.39, 0.29) is 6.54 Å². The first-order valence-electron chi connectivity index (χ1n) is 5.81. The number of nitrogens with one attached hydrogen (secondary N) is 1. The number of aromatic nitrogens is 2. The lowest BCUT2D eigenvalue weighted by Gasteiger charge is -2.08. The second-order valence-electron chi connectivity index (χ2n) is 4.08. The second kappa shape index (κ2) is 5.16. The van der Waals surface area contributed by atoms with E-state index in [0.717, 1.165) is 18.3 Å². The predicted octanol–water partition coefficient (Wildman–Crippen LogP) is 3.10. The van der Waals surface area contributed by atoms with Gasteiger partial charge in [0.15, 0.2) is 0 Å². The van der Waals surface area contributed by atoms with Crippen molar-refractivity contribution in [2.75, 3.05) is 5.32 Å². The van der Waals surface area contributed by atoms with Crippen LogP contribution in [0.15, 0.2) is 24.4 Å². The molecule has 96 valence electrons. The number of aryl methyl sites for hydroxylation is 2. The Kier molecular flexibility index (Phi) is 3.60. The first-order chi connectivity index (χ1) is 8.60. The molecule has 1 N–H and O–H groups in total. The largest absolute Gasteiger partial charge is 0.351 e. The molecule has 0 aliphatic carbocycles. The third-order valence-corrected chi connectivity index (χ3v) is 2.69. The van der Waals surface area contributed by atoms with Gasteiger partial charge in [0, 0.05) is 30.9 Å². The molecule has 18 heavy (non-hydrogen) atoms. The fourth-order valence-electron chi connectivity index (χ4n) is 1.77. The van der Waals surface area contributed by atoms with E-state index in [2.05, 4.69) is 10.3 Å². The summed E-state index contributed by atoms with van der Waals surface area (Å²) < 4.78 is 28.1. The minimum Gasteiger partial charge on any atom is -0.351 e. The van der Waals surface area contributed by atoms with Gasteiger partial charge in [-0.3, -0.25) is 0 Å². The Balaban J connectivity index is 2.11. The van der Waals surface area contributed by atoms with Gasteiger partial charge in [0.05, 0.1) is 5.69 Å². The number of hydrogen-bond acceptors (Lipinski definition) is 2. The lowest BCUT2D eigenvalue weighted by Crippen LogP contribution is -2.07. The van der Waals surface area contributed by atoms with Gasteiger partial charge in [0.2, 0.25) is 5.95 Å². The molecule has 0 aliphatic heterocycles. The van der Waals surface area contributed by atoms with Crippen LogP contribution in [0.5, 0.6) is 0 Å². The molecule has 1 aromatic heterocycles. The molecular weight excluding hydrogens is 236 g/mol. The Morgan fingerprint density at radius 2 is 2.11 bits per heavy atom. The molecule has 0 atom stereocenters. The molecule has 0 spiro atoms. The Morgan fingerprint density at radius 1 is 1.33 bits per heavy atom. The molecule has 0 bridgehead atoms. The van der Waals surface area contributed by atoms with Crippen LogP contribution in [-0.4, -0.2) is 9.55 Å². The van der Waals surface area contributed by atoms with E-state index in [1.165, 1.54) is 12.1 Å². The summed E-state index contributed by atoms with van der Waals surface area (Å²) >= 11 is 0. The van der Waals surface area contributed by atoms with Crippen molar-refractivity contribution < 1.29 is 8.78 Å². The van der Waals surface area contributed by atoms with Crippen molar-refractivity contribution >= 4 is 5.95 Å². The summed E-state index contributed by atoms with van der Waals surface area (Å²) in [6.45, 7) is 4.97. The van der Waals surface area contributed by atoms with E-state index in [0.29, 0.717) is 11.5 Å². The van der Waals surface area contributed by atoms with Gasteiger partial charge in [-0.25, -0.2) is 13.8 Å². The molecule has 0 saturated heterocycles. The maximum absolute atomic E-state index is 13.4. The second-order valence-corrected chi connectivity index (χ2v) is 4.08. The zero-order valence-electron chi connectivity index (χ0n) is 10.4. The number of imidazole rings is 1. The minimum atomic E-state index is -0.567. The summed E-state index contributed by atoms with van der Waals surface area (Å²) in [5, 5.41) is 3.05. The first-order valence-corrected chi connectivity index (χ1v) is 5.81. The van der Waals surface area contributed by atoms with E-state index in [1.54, 1.807) is 0 Å². The number of benzene rings is 1. The third-order valence-electron chi connectivity index (χ3n) is 2.69. The summed E-state index contributed by atoms with van der Waals surface area (Å²) in [7, 11) is 0. The molecule has 0 fully saturated rings. The van der Waals surface area contributed by atoms with Crippen LogP contribution in [0, 0.1) is 18.6 Å². The molecule has 0 aliphatic rings. The molecule has 0 radical (unpaired) electrons. The first kappa shape index (κ1) is 12.5. The average Bonchev–Trinajstić information content (AvgIpc) is 2.68. The van der Waals surface area contributed by atoms with Crippen LogP contribution >= 0.6 is 0 Å². The SMILES string of the molecule is CCn1cc(C)nc1NCc1ccc(F)cc1F. The quantitative estimate of drug-likeness (QED) is 0.904. The highest BCUT2D eigenvalue weighted by atomic mass is 19.1. The fourth-order valence-corrected chi connectivity index (χ4v) is 1.77. The monoisotopic (exact) mass is 251 g/mol. The predicted molar refractivity (Wildman–Crippen MR) is 66.3 cm³/mol. The van der Waals surface area contributed by atoms with Crippen molar-refractivity contribution in [3.63, 3.8) is 0 Å². The van der Waals surface area contributed by atoms with E-state index in [1.807, 2.05) is 24.6 Å². The van der Waals surface area contributed by atoms with Crippen LogP contribution in [0.3, 0.4) is 0 Å². The molecular formula is C13H15F2N3. The van der Waals surface area contributed by atoms with Crippen molar-refractivity contribution in [1.29, 1.82) is 0 Å². The number of nitrogens with zero attached hydrogens (tertiary/aromatic N) is 2. The van der Waals surface area contributed by atoms with Gasteiger partial charge in [-0.2, -0.15) is 0 Å². The summed E-state index contributed by atoms with van der Waals surface area (Å²) in [4.78, 5) is 4.30. The van der Waals surface area contributed by atoms with E-state index in [4.69, 9.17) is 0 Å². The third kappa shape index (κ3) is 2.67. The van der Waals surface area contributed by atoms with Crippen LogP contribution in [-0.2, 0) is 13.1 Å². The average molecular weight is 251 g/mol. The molecule has 2 rings (SSSR count). The molecule has 2 aromatic rings. The highest BCUT2D eigenvalue weighted by Gasteiger charge is 2.07. The Bertz CT molecular complexity index is 549. The van der Waals surface area contributed by atoms with Crippen LogP contribution in [0.25, 0.3) is 0 Å². The van der Waals surface area contributed by atoms with Gasteiger partial charge in [-0.05, 0) is 19.9 Å². The highest BCUT2D eigenvalue weighted by molar-refractivity contribution is 5.31. The highest BCUT2D eigenvalue weighted by Crippen LogP contribution is 2.13. The van der Waals surface area contributed by atoms with Gasteiger partial charge in [0.1, 0.15) is 11.6 Å². The van der Waals surface area contributed by atoms with Crippen molar-refractivity contribution in [1.82, 2.24) is 9.55 Å². The molecule has 0 saturated carbocycles. The van der Waals surface area contributed by atoms with Crippen LogP contribution < -0.4 is 5.32 Å². The topological polar surface area (TPSA) is 29.9 Å². The van der Waals surface area contributed by atoms with Crippen molar-refractivity contribution in [2.24, 2.45) is 0 Å². The maximum atomic E-state index is 13.4. The van der Waals surface area contributed by atoms with Crippen molar-refractivity contribution in [3.05, 3.63) is 47.3 Å².